The summed E-state index contributed by atoms with van der Waals surface area (Å²) in [6, 6.07) is 10.2. The van der Waals surface area contributed by atoms with Gasteiger partial charge in [0.2, 0.25) is 15.9 Å². The molecule has 0 aliphatic heterocycles. The van der Waals surface area contributed by atoms with Gasteiger partial charge in [-0.05, 0) is 50.2 Å². The lowest BCUT2D eigenvalue weighted by molar-refractivity contribution is -0.117. The smallest absolute Gasteiger partial charge is 0.242 e. The lowest BCUT2D eigenvalue weighted by Crippen LogP contribution is -2.41. The highest BCUT2D eigenvalue weighted by Gasteiger charge is 2.23. The zero-order chi connectivity index (χ0) is 19.3. The lowest BCUT2D eigenvalue weighted by atomic mass is 10.3. The van der Waals surface area contributed by atoms with Crippen molar-refractivity contribution in [2.45, 2.75) is 24.8 Å². The van der Waals surface area contributed by atoms with Crippen LogP contribution >= 0.6 is 27.5 Å². The number of hydrogen-bond donors (Lipinski definition) is 2. The Balaban J connectivity index is 2.10. The summed E-state index contributed by atoms with van der Waals surface area (Å²) in [5, 5.41) is 2.83. The number of rotatable bonds is 7. The van der Waals surface area contributed by atoms with Crippen LogP contribution in [0.4, 0.5) is 5.69 Å². The normalized spacial score (nSPS) is 12.5. The molecular weight excluding hydrogens is 444 g/mol. The first-order valence-corrected chi connectivity index (χ1v) is 10.4. The molecule has 1 amide bonds. The number of nitrogens with one attached hydrogen (secondary N) is 2. The molecule has 140 valence electrons. The molecule has 0 aliphatic rings. The second kappa shape index (κ2) is 8.85. The molecule has 0 fully saturated rings. The maximum absolute atomic E-state index is 12.5. The number of sulfonamides is 1. The Hall–Kier alpha value is -1.61. The standard InChI is InChI=1S/C17H18BrClN2O4S/c1-3-25-16-8-7-14(10-15(16)19)26(23,24)21-11(2)17(22)20-13-6-4-5-12(18)9-13/h4-11,21H,3H2,1-2H3,(H,20,22)/t11-/m0/s1. The van der Waals surface area contributed by atoms with Crippen molar-refractivity contribution in [2.24, 2.45) is 0 Å². The Labute approximate surface area is 166 Å². The number of ether oxygens (including phenoxy) is 1. The third-order valence-corrected chi connectivity index (χ3v) is 5.66. The zero-order valence-electron chi connectivity index (χ0n) is 14.1. The van der Waals surface area contributed by atoms with E-state index in [0.717, 1.165) is 4.47 Å². The third kappa shape index (κ3) is 5.44. The molecule has 0 radical (unpaired) electrons. The largest absolute Gasteiger partial charge is 0.492 e. The molecule has 0 spiro atoms. The van der Waals surface area contributed by atoms with Crippen molar-refractivity contribution in [3.63, 3.8) is 0 Å². The van der Waals surface area contributed by atoms with Crippen molar-refractivity contribution in [3.05, 3.63) is 52.0 Å². The third-order valence-electron chi connectivity index (χ3n) is 3.33. The Morgan fingerprint density at radius 3 is 2.62 bits per heavy atom. The number of anilines is 1. The highest BCUT2D eigenvalue weighted by atomic mass is 79.9. The highest BCUT2D eigenvalue weighted by molar-refractivity contribution is 9.10. The van der Waals surface area contributed by atoms with Gasteiger partial charge in [0.15, 0.2) is 0 Å². The average Bonchev–Trinajstić information content (AvgIpc) is 2.56. The van der Waals surface area contributed by atoms with Gasteiger partial charge in [0.25, 0.3) is 0 Å². The Morgan fingerprint density at radius 2 is 2.00 bits per heavy atom. The molecule has 0 heterocycles. The second-order valence-electron chi connectivity index (χ2n) is 5.37. The van der Waals surface area contributed by atoms with Crippen LogP contribution in [0.15, 0.2) is 51.8 Å². The van der Waals surface area contributed by atoms with E-state index in [1.807, 2.05) is 6.07 Å². The summed E-state index contributed by atoms with van der Waals surface area (Å²) in [4.78, 5) is 12.2. The van der Waals surface area contributed by atoms with E-state index in [4.69, 9.17) is 16.3 Å². The van der Waals surface area contributed by atoms with Crippen LogP contribution in [-0.4, -0.2) is 27.0 Å². The predicted octanol–water partition coefficient (Wildman–Crippen LogP) is 3.81. The quantitative estimate of drug-likeness (QED) is 0.657. The summed E-state index contributed by atoms with van der Waals surface area (Å²) < 4.78 is 33.4. The van der Waals surface area contributed by atoms with E-state index in [1.54, 1.807) is 25.1 Å². The lowest BCUT2D eigenvalue weighted by Gasteiger charge is -2.15. The number of amides is 1. The second-order valence-corrected chi connectivity index (χ2v) is 8.40. The van der Waals surface area contributed by atoms with Gasteiger partial charge in [-0.25, -0.2) is 8.42 Å². The Morgan fingerprint density at radius 1 is 1.27 bits per heavy atom. The minimum atomic E-state index is -3.92. The molecule has 6 nitrogen and oxygen atoms in total. The van der Waals surface area contributed by atoms with E-state index in [-0.39, 0.29) is 9.92 Å². The molecule has 2 aromatic rings. The summed E-state index contributed by atoms with van der Waals surface area (Å²) in [5.41, 5.74) is 0.555. The summed E-state index contributed by atoms with van der Waals surface area (Å²) in [6.07, 6.45) is 0. The SMILES string of the molecule is CCOc1ccc(S(=O)(=O)N[C@@H](C)C(=O)Nc2cccc(Br)c2)cc1Cl. The monoisotopic (exact) mass is 460 g/mol. The topological polar surface area (TPSA) is 84.5 Å². The van der Waals surface area contributed by atoms with Crippen LogP contribution in [0.1, 0.15) is 13.8 Å². The molecule has 0 saturated carbocycles. The van der Waals surface area contributed by atoms with Crippen LogP contribution in [-0.2, 0) is 14.8 Å². The molecule has 9 heteroatoms. The predicted molar refractivity (Wildman–Crippen MR) is 105 cm³/mol. The van der Waals surface area contributed by atoms with Crippen LogP contribution in [0, 0.1) is 0 Å². The number of carbonyl (C=O) groups is 1. The van der Waals surface area contributed by atoms with Gasteiger partial charge >= 0.3 is 0 Å². The molecule has 2 aromatic carbocycles. The molecule has 1 atom stereocenters. The minimum Gasteiger partial charge on any atom is -0.492 e. The van der Waals surface area contributed by atoms with E-state index in [2.05, 4.69) is 26.0 Å². The first kappa shape index (κ1) is 20.7. The number of halogens is 2. The fourth-order valence-electron chi connectivity index (χ4n) is 2.09. The summed E-state index contributed by atoms with van der Waals surface area (Å²) in [7, 11) is -3.92. The number of carbonyl (C=O) groups excluding carboxylic acids is 1. The van der Waals surface area contributed by atoms with Crippen molar-refractivity contribution in [2.75, 3.05) is 11.9 Å². The van der Waals surface area contributed by atoms with E-state index in [0.29, 0.717) is 18.0 Å². The van der Waals surface area contributed by atoms with E-state index >= 15 is 0 Å². The highest BCUT2D eigenvalue weighted by Crippen LogP contribution is 2.27. The fourth-order valence-corrected chi connectivity index (χ4v) is 4.02. The van der Waals surface area contributed by atoms with Gasteiger partial charge < -0.3 is 10.1 Å². The van der Waals surface area contributed by atoms with Gasteiger partial charge in [-0.1, -0.05) is 33.6 Å². The van der Waals surface area contributed by atoms with Crippen LogP contribution in [0.25, 0.3) is 0 Å². The molecule has 2 rings (SSSR count). The van der Waals surface area contributed by atoms with Crippen LogP contribution in [0.5, 0.6) is 5.75 Å². The van der Waals surface area contributed by atoms with Crippen molar-refractivity contribution in [3.8, 4) is 5.75 Å². The molecule has 26 heavy (non-hydrogen) atoms. The molecule has 0 unspecified atom stereocenters. The summed E-state index contributed by atoms with van der Waals surface area (Å²) >= 11 is 9.34. The number of hydrogen-bond acceptors (Lipinski definition) is 4. The van der Waals surface area contributed by atoms with Gasteiger partial charge in [-0.15, -0.1) is 0 Å². The van der Waals surface area contributed by atoms with E-state index < -0.39 is 22.0 Å². The van der Waals surface area contributed by atoms with Gasteiger partial charge in [0.05, 0.1) is 22.6 Å². The van der Waals surface area contributed by atoms with Gasteiger partial charge in [-0.2, -0.15) is 4.72 Å². The van der Waals surface area contributed by atoms with Crippen molar-refractivity contribution in [1.29, 1.82) is 0 Å². The Kier molecular flexibility index (Phi) is 7.05. The van der Waals surface area contributed by atoms with E-state index in [1.165, 1.54) is 25.1 Å². The summed E-state index contributed by atoms with van der Waals surface area (Å²) in [6.45, 7) is 3.67. The van der Waals surface area contributed by atoms with Crippen LogP contribution in [0.3, 0.4) is 0 Å². The molecule has 0 saturated heterocycles. The van der Waals surface area contributed by atoms with Gasteiger partial charge in [0.1, 0.15) is 5.75 Å². The van der Waals surface area contributed by atoms with Crippen LogP contribution in [0.2, 0.25) is 5.02 Å². The molecule has 0 bridgehead atoms. The fraction of sp³-hybridized carbons (Fsp3) is 0.235. The van der Waals surface area contributed by atoms with Crippen molar-refractivity contribution >= 4 is 49.1 Å². The molecular formula is C17H18BrClN2O4S. The molecule has 0 aromatic heterocycles. The minimum absolute atomic E-state index is 0.0481. The van der Waals surface area contributed by atoms with Crippen molar-refractivity contribution in [1.82, 2.24) is 4.72 Å². The molecule has 0 aliphatic carbocycles. The summed E-state index contributed by atoms with van der Waals surface area (Å²) in [5.74, 6) is -0.0859. The maximum Gasteiger partial charge on any atom is 0.242 e. The first-order chi connectivity index (χ1) is 12.2. The van der Waals surface area contributed by atoms with Crippen molar-refractivity contribution < 1.29 is 17.9 Å². The van der Waals surface area contributed by atoms with E-state index in [9.17, 15) is 13.2 Å². The zero-order valence-corrected chi connectivity index (χ0v) is 17.3. The maximum atomic E-state index is 12.5. The number of benzene rings is 2. The van der Waals surface area contributed by atoms with Crippen LogP contribution < -0.4 is 14.8 Å². The van der Waals surface area contributed by atoms with Gasteiger partial charge in [-0.3, -0.25) is 4.79 Å². The van der Waals surface area contributed by atoms with Gasteiger partial charge in [0, 0.05) is 10.2 Å². The average molecular weight is 462 g/mol. The first-order valence-electron chi connectivity index (χ1n) is 7.74. The Bertz CT molecular complexity index is 905. The molecule has 2 N–H and O–H groups in total.